The van der Waals surface area contributed by atoms with Crippen LogP contribution in [0.1, 0.15) is 53.9 Å². The van der Waals surface area contributed by atoms with Crippen LogP contribution in [0, 0.1) is 6.92 Å². The molecular formula is C26H36N2OS. The minimum absolute atomic E-state index is 0.432. The second-order valence-corrected chi connectivity index (χ2v) is 9.82. The van der Waals surface area contributed by atoms with Crippen molar-refractivity contribution in [3.8, 4) is 5.75 Å². The number of likely N-dealkylation sites (tertiary alicyclic amines) is 1. The molecule has 0 aromatic heterocycles. The van der Waals surface area contributed by atoms with E-state index in [4.69, 9.17) is 4.74 Å². The number of thioether (sulfide) groups is 1. The number of piperidine rings is 1. The van der Waals surface area contributed by atoms with E-state index in [1.807, 2.05) is 0 Å². The molecule has 1 unspecified atom stereocenters. The molecule has 0 spiro atoms. The highest BCUT2D eigenvalue weighted by molar-refractivity contribution is 7.98. The molecule has 2 aromatic carbocycles. The van der Waals surface area contributed by atoms with Crippen molar-refractivity contribution < 1.29 is 4.74 Å². The summed E-state index contributed by atoms with van der Waals surface area (Å²) >= 11 is 1.80. The molecule has 0 saturated carbocycles. The van der Waals surface area contributed by atoms with Gasteiger partial charge in [-0.1, -0.05) is 24.6 Å². The predicted molar refractivity (Wildman–Crippen MR) is 128 cm³/mol. The van der Waals surface area contributed by atoms with Gasteiger partial charge in [0.05, 0.1) is 6.61 Å². The normalized spacial score (nSPS) is 20.2. The lowest BCUT2D eigenvalue weighted by molar-refractivity contribution is 0.204. The third-order valence-corrected chi connectivity index (χ3v) is 7.33. The Morgan fingerprint density at radius 1 is 1.07 bits per heavy atom. The second kappa shape index (κ2) is 10.2. The summed E-state index contributed by atoms with van der Waals surface area (Å²) in [6.07, 6.45) is 7.37. The van der Waals surface area contributed by atoms with Gasteiger partial charge in [0.15, 0.2) is 0 Å². The Kier molecular flexibility index (Phi) is 7.40. The molecule has 4 heteroatoms. The first-order valence-corrected chi connectivity index (χ1v) is 12.7. The molecule has 2 aromatic rings. The average molecular weight is 425 g/mol. The van der Waals surface area contributed by atoms with Crippen molar-refractivity contribution in [2.24, 2.45) is 0 Å². The van der Waals surface area contributed by atoms with Crippen LogP contribution in [0.2, 0.25) is 0 Å². The highest BCUT2D eigenvalue weighted by atomic mass is 32.2. The van der Waals surface area contributed by atoms with E-state index in [0.717, 1.165) is 31.9 Å². The number of hydrogen-bond donors (Lipinski definition) is 0. The monoisotopic (exact) mass is 424 g/mol. The van der Waals surface area contributed by atoms with E-state index < -0.39 is 0 Å². The number of nitrogens with zero attached hydrogens (tertiary/aromatic N) is 2. The predicted octanol–water partition coefficient (Wildman–Crippen LogP) is 5.55. The number of ether oxygens (including phenoxy) is 1. The van der Waals surface area contributed by atoms with E-state index in [1.165, 1.54) is 66.0 Å². The molecule has 30 heavy (non-hydrogen) atoms. The number of rotatable bonds is 7. The summed E-state index contributed by atoms with van der Waals surface area (Å²) in [6, 6.07) is 13.8. The molecule has 0 amide bonds. The maximum Gasteiger partial charge on any atom is 0.122 e. The molecule has 1 fully saturated rings. The molecule has 0 aliphatic carbocycles. The number of benzene rings is 2. The number of aryl methyl sites for hydroxylation is 1. The van der Waals surface area contributed by atoms with Gasteiger partial charge in [-0.15, -0.1) is 11.8 Å². The van der Waals surface area contributed by atoms with Crippen LogP contribution in [0.5, 0.6) is 5.75 Å². The third kappa shape index (κ3) is 5.22. The summed E-state index contributed by atoms with van der Waals surface area (Å²) in [4.78, 5) is 6.35. The highest BCUT2D eigenvalue weighted by Gasteiger charge is 2.26. The Bertz CT molecular complexity index is 830. The van der Waals surface area contributed by atoms with Crippen molar-refractivity contribution in [2.45, 2.75) is 50.0 Å². The molecule has 2 aliphatic heterocycles. The van der Waals surface area contributed by atoms with Crippen molar-refractivity contribution in [1.29, 1.82) is 0 Å². The molecule has 1 atom stereocenters. The summed E-state index contributed by atoms with van der Waals surface area (Å²) in [5.74, 6) is 1.50. The van der Waals surface area contributed by atoms with Gasteiger partial charge in [-0.05, 0) is 93.0 Å². The van der Waals surface area contributed by atoms with Crippen molar-refractivity contribution in [1.82, 2.24) is 9.80 Å². The summed E-state index contributed by atoms with van der Waals surface area (Å²) in [5.41, 5.74) is 5.57. The van der Waals surface area contributed by atoms with Crippen LogP contribution in [0.15, 0.2) is 41.3 Å². The zero-order chi connectivity index (χ0) is 20.9. The number of likely N-dealkylation sites (N-methyl/N-ethyl adjacent to an activating group) is 1. The minimum atomic E-state index is 0.432. The SMILES string of the molecule is CSc1ccc(C2CN(C)Cc3cc(OCCCN4CCCCC4)c(C)cc32)cc1. The number of fused-ring (bicyclic) bond motifs is 1. The molecule has 0 N–H and O–H groups in total. The lowest BCUT2D eigenvalue weighted by Gasteiger charge is -2.33. The lowest BCUT2D eigenvalue weighted by Crippen LogP contribution is -2.31. The van der Waals surface area contributed by atoms with Gasteiger partial charge < -0.3 is 14.5 Å². The van der Waals surface area contributed by atoms with Crippen LogP contribution in [0.4, 0.5) is 0 Å². The first-order valence-electron chi connectivity index (χ1n) is 11.4. The van der Waals surface area contributed by atoms with Gasteiger partial charge in [-0.25, -0.2) is 0 Å². The van der Waals surface area contributed by atoms with E-state index in [1.54, 1.807) is 11.8 Å². The Labute approximate surface area is 186 Å². The second-order valence-electron chi connectivity index (χ2n) is 8.94. The van der Waals surface area contributed by atoms with Crippen LogP contribution < -0.4 is 4.74 Å². The van der Waals surface area contributed by atoms with Gasteiger partial charge in [0.25, 0.3) is 0 Å². The molecular weight excluding hydrogens is 388 g/mol. The first kappa shape index (κ1) is 21.7. The Hall–Kier alpha value is -1.49. The largest absolute Gasteiger partial charge is 0.493 e. The van der Waals surface area contributed by atoms with E-state index in [0.29, 0.717) is 5.92 Å². The topological polar surface area (TPSA) is 15.7 Å². The van der Waals surface area contributed by atoms with Crippen molar-refractivity contribution in [2.75, 3.05) is 46.1 Å². The third-order valence-electron chi connectivity index (χ3n) is 6.59. The van der Waals surface area contributed by atoms with Crippen LogP contribution in [-0.2, 0) is 6.54 Å². The molecule has 2 heterocycles. The van der Waals surface area contributed by atoms with Crippen molar-refractivity contribution in [3.63, 3.8) is 0 Å². The molecule has 162 valence electrons. The first-order chi connectivity index (χ1) is 14.6. The van der Waals surface area contributed by atoms with Crippen LogP contribution >= 0.6 is 11.8 Å². The highest BCUT2D eigenvalue weighted by Crippen LogP contribution is 2.37. The summed E-state index contributed by atoms with van der Waals surface area (Å²) < 4.78 is 6.25. The summed E-state index contributed by atoms with van der Waals surface area (Å²) in [5, 5.41) is 0. The summed E-state index contributed by atoms with van der Waals surface area (Å²) in [6.45, 7) is 8.78. The number of hydrogen-bond acceptors (Lipinski definition) is 4. The molecule has 4 rings (SSSR count). The fourth-order valence-electron chi connectivity index (χ4n) is 4.91. The average Bonchev–Trinajstić information content (AvgIpc) is 2.77. The molecule has 3 nitrogen and oxygen atoms in total. The minimum Gasteiger partial charge on any atom is -0.493 e. The Balaban J connectivity index is 1.44. The van der Waals surface area contributed by atoms with Gasteiger partial charge in [-0.3, -0.25) is 0 Å². The van der Waals surface area contributed by atoms with E-state index in [-0.39, 0.29) is 0 Å². The maximum atomic E-state index is 6.25. The molecule has 2 aliphatic rings. The Morgan fingerprint density at radius 3 is 2.57 bits per heavy atom. The lowest BCUT2D eigenvalue weighted by atomic mass is 9.84. The summed E-state index contributed by atoms with van der Waals surface area (Å²) in [7, 11) is 2.23. The fourth-order valence-corrected chi connectivity index (χ4v) is 5.32. The van der Waals surface area contributed by atoms with E-state index in [2.05, 4.69) is 66.4 Å². The van der Waals surface area contributed by atoms with Crippen molar-refractivity contribution >= 4 is 11.8 Å². The van der Waals surface area contributed by atoms with Gasteiger partial charge >= 0.3 is 0 Å². The van der Waals surface area contributed by atoms with Crippen LogP contribution in [0.3, 0.4) is 0 Å². The molecule has 0 radical (unpaired) electrons. The standard InChI is InChI=1S/C26H36N2OS/c1-20-16-24-22(17-26(20)29-15-7-14-28-12-5-4-6-13-28)18-27(2)19-25(24)21-8-10-23(30-3)11-9-21/h8-11,16-17,25H,4-7,12-15,18-19H2,1-3H3. The fraction of sp³-hybridized carbons (Fsp3) is 0.538. The van der Waals surface area contributed by atoms with E-state index in [9.17, 15) is 0 Å². The Morgan fingerprint density at radius 2 is 1.83 bits per heavy atom. The quantitative estimate of drug-likeness (QED) is 0.428. The van der Waals surface area contributed by atoms with Crippen LogP contribution in [-0.4, -0.2) is 55.9 Å². The van der Waals surface area contributed by atoms with Gasteiger partial charge in [0.1, 0.15) is 5.75 Å². The van der Waals surface area contributed by atoms with Gasteiger partial charge in [0, 0.05) is 30.4 Å². The molecule has 1 saturated heterocycles. The maximum absolute atomic E-state index is 6.25. The zero-order valence-electron chi connectivity index (χ0n) is 18.8. The van der Waals surface area contributed by atoms with E-state index >= 15 is 0 Å². The van der Waals surface area contributed by atoms with Gasteiger partial charge in [0.2, 0.25) is 0 Å². The smallest absolute Gasteiger partial charge is 0.122 e. The molecule has 0 bridgehead atoms. The van der Waals surface area contributed by atoms with Gasteiger partial charge in [-0.2, -0.15) is 0 Å². The van der Waals surface area contributed by atoms with Crippen molar-refractivity contribution in [3.05, 3.63) is 58.7 Å². The zero-order valence-corrected chi connectivity index (χ0v) is 19.6. The van der Waals surface area contributed by atoms with Crippen LogP contribution in [0.25, 0.3) is 0 Å².